The van der Waals surface area contributed by atoms with E-state index in [0.717, 1.165) is 36.1 Å². The van der Waals surface area contributed by atoms with Crippen molar-refractivity contribution in [3.05, 3.63) is 47.4 Å². The zero-order valence-corrected chi connectivity index (χ0v) is 16.6. The van der Waals surface area contributed by atoms with Gasteiger partial charge in [0.1, 0.15) is 5.82 Å². The third-order valence-corrected chi connectivity index (χ3v) is 5.24. The van der Waals surface area contributed by atoms with Crippen LogP contribution in [0.1, 0.15) is 49.6 Å². The lowest BCUT2D eigenvalue weighted by molar-refractivity contribution is -0.146. The molecular weight excluding hydrogens is 354 g/mol. The van der Waals surface area contributed by atoms with Crippen LogP contribution in [0.5, 0.6) is 0 Å². The minimum atomic E-state index is -0.664. The van der Waals surface area contributed by atoms with Crippen LogP contribution in [0, 0.1) is 12.8 Å². The highest BCUT2D eigenvalue weighted by atomic mass is 16.2. The predicted molar refractivity (Wildman–Crippen MR) is 108 cm³/mol. The first-order chi connectivity index (χ1) is 13.4. The van der Waals surface area contributed by atoms with Crippen molar-refractivity contribution in [3.8, 4) is 0 Å². The van der Waals surface area contributed by atoms with E-state index in [1.54, 1.807) is 17.9 Å². The smallest absolute Gasteiger partial charge is 0.313 e. The molecule has 7 nitrogen and oxygen atoms in total. The number of nitrogen functional groups attached to an aromatic ring is 1. The van der Waals surface area contributed by atoms with E-state index in [9.17, 15) is 9.59 Å². The monoisotopic (exact) mass is 381 g/mol. The number of carbonyl (C=O) groups excluding carboxylic acids is 2. The fourth-order valence-corrected chi connectivity index (χ4v) is 3.53. The molecule has 2 aromatic heterocycles. The van der Waals surface area contributed by atoms with E-state index in [2.05, 4.69) is 29.1 Å². The van der Waals surface area contributed by atoms with Gasteiger partial charge < -0.3 is 16.0 Å². The summed E-state index contributed by atoms with van der Waals surface area (Å²) in [7, 11) is 0. The number of likely N-dealkylation sites (tertiary alicyclic amines) is 1. The number of amides is 2. The minimum absolute atomic E-state index is 0.140. The summed E-state index contributed by atoms with van der Waals surface area (Å²) < 4.78 is 0. The average molecular weight is 381 g/mol. The van der Waals surface area contributed by atoms with Crippen LogP contribution in [0.25, 0.3) is 0 Å². The first-order valence-corrected chi connectivity index (χ1v) is 9.68. The van der Waals surface area contributed by atoms with Gasteiger partial charge >= 0.3 is 11.8 Å². The molecule has 0 aromatic carbocycles. The summed E-state index contributed by atoms with van der Waals surface area (Å²) in [6, 6.07) is 5.56. The van der Waals surface area contributed by atoms with Gasteiger partial charge in [0, 0.05) is 18.4 Å². The summed E-state index contributed by atoms with van der Waals surface area (Å²) in [5, 5.41) is 2.65. The minimum Gasteiger partial charge on any atom is -0.383 e. The van der Waals surface area contributed by atoms with E-state index in [4.69, 9.17) is 5.73 Å². The van der Waals surface area contributed by atoms with Crippen molar-refractivity contribution in [2.24, 2.45) is 5.92 Å². The number of nitrogens with zero attached hydrogens (tertiary/aromatic N) is 3. The van der Waals surface area contributed by atoms with Crippen molar-refractivity contribution in [1.82, 2.24) is 14.9 Å². The summed E-state index contributed by atoms with van der Waals surface area (Å²) in [5.41, 5.74) is 8.89. The van der Waals surface area contributed by atoms with Gasteiger partial charge in [-0.15, -0.1) is 0 Å². The molecule has 2 amide bonds. The van der Waals surface area contributed by atoms with Crippen LogP contribution < -0.4 is 11.1 Å². The van der Waals surface area contributed by atoms with E-state index in [0.29, 0.717) is 24.0 Å². The molecule has 2 atom stereocenters. The third-order valence-electron chi connectivity index (χ3n) is 5.24. The Balaban J connectivity index is 1.78. The molecule has 0 unspecified atom stereocenters. The fourth-order valence-electron chi connectivity index (χ4n) is 3.53. The van der Waals surface area contributed by atoms with Gasteiger partial charge in [-0.3, -0.25) is 14.6 Å². The van der Waals surface area contributed by atoms with Gasteiger partial charge in [0.2, 0.25) is 0 Å². The SMILES string of the molecule is CCc1ccc([C@@H]2CC[C@@H](C)CN2C(=O)C(=O)Nc2cnc(N)c(C)c2)cn1. The van der Waals surface area contributed by atoms with Gasteiger partial charge in [0.15, 0.2) is 0 Å². The van der Waals surface area contributed by atoms with Gasteiger partial charge in [-0.25, -0.2) is 4.98 Å². The van der Waals surface area contributed by atoms with Crippen molar-refractivity contribution in [2.75, 3.05) is 17.6 Å². The first-order valence-electron chi connectivity index (χ1n) is 9.68. The van der Waals surface area contributed by atoms with Crippen LogP contribution in [0.15, 0.2) is 30.6 Å². The molecular formula is C21H27N5O2. The summed E-state index contributed by atoms with van der Waals surface area (Å²) in [4.78, 5) is 35.7. The van der Waals surface area contributed by atoms with Crippen molar-refractivity contribution < 1.29 is 9.59 Å². The number of rotatable bonds is 3. The molecule has 0 aliphatic carbocycles. The molecule has 7 heteroatoms. The lowest BCUT2D eigenvalue weighted by Crippen LogP contribution is -2.46. The second-order valence-corrected chi connectivity index (χ2v) is 7.47. The quantitative estimate of drug-likeness (QED) is 0.796. The lowest BCUT2D eigenvalue weighted by Gasteiger charge is -2.38. The maximum absolute atomic E-state index is 13.0. The third kappa shape index (κ3) is 4.30. The van der Waals surface area contributed by atoms with Gasteiger partial charge in [-0.2, -0.15) is 0 Å². The number of aromatic nitrogens is 2. The van der Waals surface area contributed by atoms with Crippen molar-refractivity contribution in [1.29, 1.82) is 0 Å². The Hall–Kier alpha value is -2.96. The normalized spacial score (nSPS) is 19.3. The number of aryl methyl sites for hydroxylation is 2. The molecule has 1 fully saturated rings. The number of nitrogens with two attached hydrogens (primary N) is 1. The number of carbonyl (C=O) groups is 2. The molecule has 0 bridgehead atoms. The van der Waals surface area contributed by atoms with Crippen LogP contribution in [0.2, 0.25) is 0 Å². The Kier molecular flexibility index (Phi) is 5.92. The predicted octanol–water partition coefficient (Wildman–Crippen LogP) is 2.87. The Morgan fingerprint density at radius 2 is 2.04 bits per heavy atom. The number of anilines is 2. The Morgan fingerprint density at radius 1 is 1.25 bits per heavy atom. The van der Waals surface area contributed by atoms with Gasteiger partial charge in [-0.1, -0.05) is 19.9 Å². The van der Waals surface area contributed by atoms with Crippen LogP contribution in [0.4, 0.5) is 11.5 Å². The highest BCUT2D eigenvalue weighted by molar-refractivity contribution is 6.39. The fraction of sp³-hybridized carbons (Fsp3) is 0.429. The maximum Gasteiger partial charge on any atom is 0.313 e. The standard InChI is InChI=1S/C21H27N5O2/c1-4-16-7-6-15(10-23-16)18-8-5-13(2)12-26(18)21(28)20(27)25-17-9-14(3)19(22)24-11-17/h6-7,9-11,13,18H,4-5,8,12H2,1-3H3,(H2,22,24)(H,25,27)/t13-,18+/m1/s1. The van der Waals surface area contributed by atoms with Gasteiger partial charge in [0.05, 0.1) is 17.9 Å². The molecule has 3 rings (SSSR count). The highest BCUT2D eigenvalue weighted by Gasteiger charge is 2.34. The largest absolute Gasteiger partial charge is 0.383 e. The molecule has 0 radical (unpaired) electrons. The average Bonchev–Trinajstić information content (AvgIpc) is 2.70. The van der Waals surface area contributed by atoms with E-state index in [1.165, 1.54) is 6.20 Å². The van der Waals surface area contributed by atoms with Gasteiger partial charge in [-0.05, 0) is 55.4 Å². The number of hydrogen-bond donors (Lipinski definition) is 2. The number of piperidine rings is 1. The van der Waals surface area contributed by atoms with Crippen molar-refractivity contribution in [2.45, 2.75) is 46.1 Å². The molecule has 28 heavy (non-hydrogen) atoms. The number of hydrogen-bond acceptors (Lipinski definition) is 5. The Labute approximate surface area is 165 Å². The summed E-state index contributed by atoms with van der Waals surface area (Å²) >= 11 is 0. The number of pyridine rings is 2. The zero-order valence-electron chi connectivity index (χ0n) is 16.6. The first kappa shape index (κ1) is 19.8. The molecule has 1 saturated heterocycles. The summed E-state index contributed by atoms with van der Waals surface area (Å²) in [6.45, 7) is 6.50. The summed E-state index contributed by atoms with van der Waals surface area (Å²) in [5.74, 6) is -0.456. The molecule has 1 aliphatic rings. The topological polar surface area (TPSA) is 101 Å². The molecule has 3 heterocycles. The maximum atomic E-state index is 13.0. The van der Waals surface area contributed by atoms with Crippen molar-refractivity contribution >= 4 is 23.3 Å². The second kappa shape index (κ2) is 8.37. The van der Waals surface area contributed by atoms with Crippen LogP contribution in [0.3, 0.4) is 0 Å². The second-order valence-electron chi connectivity index (χ2n) is 7.47. The molecule has 148 valence electrons. The van der Waals surface area contributed by atoms with Crippen molar-refractivity contribution in [3.63, 3.8) is 0 Å². The van der Waals surface area contributed by atoms with E-state index >= 15 is 0 Å². The zero-order chi connectivity index (χ0) is 20.3. The number of nitrogens with one attached hydrogen (secondary N) is 1. The van der Waals surface area contributed by atoms with E-state index in [1.807, 2.05) is 18.3 Å². The van der Waals surface area contributed by atoms with Crippen LogP contribution >= 0.6 is 0 Å². The molecule has 3 N–H and O–H groups in total. The van der Waals surface area contributed by atoms with E-state index in [-0.39, 0.29) is 6.04 Å². The molecule has 0 saturated carbocycles. The van der Waals surface area contributed by atoms with Gasteiger partial charge in [0.25, 0.3) is 0 Å². The summed E-state index contributed by atoms with van der Waals surface area (Å²) in [6.07, 6.45) is 5.97. The molecule has 0 spiro atoms. The van der Waals surface area contributed by atoms with E-state index < -0.39 is 11.8 Å². The lowest BCUT2D eigenvalue weighted by atomic mass is 9.90. The highest BCUT2D eigenvalue weighted by Crippen LogP contribution is 2.33. The Morgan fingerprint density at radius 3 is 2.68 bits per heavy atom. The van der Waals surface area contributed by atoms with Crippen LogP contribution in [-0.4, -0.2) is 33.2 Å². The van der Waals surface area contributed by atoms with Crippen LogP contribution in [-0.2, 0) is 16.0 Å². The molecule has 2 aromatic rings. The Bertz CT molecular complexity index is 866. The molecule has 1 aliphatic heterocycles.